The number of aromatic carboxylic acids is 1. The topological polar surface area (TPSA) is 95.1 Å². The van der Waals surface area contributed by atoms with Gasteiger partial charge in [-0.2, -0.15) is 0 Å². The Morgan fingerprint density at radius 2 is 2.17 bits per heavy atom. The summed E-state index contributed by atoms with van der Waals surface area (Å²) in [6.45, 7) is 0.406. The summed E-state index contributed by atoms with van der Waals surface area (Å²) in [4.78, 5) is 28.9. The molecule has 1 amide bonds. The average molecular weight is 245 g/mol. The van der Waals surface area contributed by atoms with Crippen LogP contribution in [0.4, 0.5) is 0 Å². The van der Waals surface area contributed by atoms with Gasteiger partial charge in [0.2, 0.25) is 0 Å². The van der Waals surface area contributed by atoms with Crippen LogP contribution in [0.25, 0.3) is 0 Å². The Labute approximate surface area is 103 Å². The highest BCUT2D eigenvalue weighted by Gasteiger charge is 2.08. The molecule has 3 N–H and O–H groups in total. The van der Waals surface area contributed by atoms with E-state index in [-0.39, 0.29) is 11.6 Å². The molecule has 2 heterocycles. The molecule has 18 heavy (non-hydrogen) atoms. The Morgan fingerprint density at radius 1 is 1.33 bits per heavy atom. The molecule has 6 heteroatoms. The summed E-state index contributed by atoms with van der Waals surface area (Å²) in [6.07, 6.45) is 4.80. The van der Waals surface area contributed by atoms with Gasteiger partial charge in [-0.1, -0.05) is 0 Å². The third kappa shape index (κ3) is 2.73. The largest absolute Gasteiger partial charge is 0.477 e. The molecule has 0 aliphatic carbocycles. The van der Waals surface area contributed by atoms with Crippen molar-refractivity contribution in [1.29, 1.82) is 0 Å². The smallest absolute Gasteiger partial charge is 0.354 e. The summed E-state index contributed by atoms with van der Waals surface area (Å²) >= 11 is 0. The minimum Gasteiger partial charge on any atom is -0.477 e. The minimum atomic E-state index is -1.12. The summed E-state index contributed by atoms with van der Waals surface area (Å²) < 4.78 is 0. The molecule has 92 valence electrons. The molecule has 6 nitrogen and oxygen atoms in total. The summed E-state index contributed by atoms with van der Waals surface area (Å²) in [7, 11) is 0. The zero-order chi connectivity index (χ0) is 13.0. The number of amides is 1. The molecule has 2 aromatic heterocycles. The van der Waals surface area contributed by atoms with E-state index in [1.54, 1.807) is 12.4 Å². The van der Waals surface area contributed by atoms with Crippen LogP contribution in [-0.2, 0) is 6.54 Å². The number of carbonyl (C=O) groups is 2. The van der Waals surface area contributed by atoms with Crippen molar-refractivity contribution >= 4 is 11.9 Å². The van der Waals surface area contributed by atoms with Gasteiger partial charge in [0, 0.05) is 25.1 Å². The van der Waals surface area contributed by atoms with E-state index in [9.17, 15) is 9.59 Å². The molecule has 0 spiro atoms. The highest BCUT2D eigenvalue weighted by atomic mass is 16.4. The lowest BCUT2D eigenvalue weighted by molar-refractivity contribution is 0.0689. The molecule has 2 rings (SSSR count). The highest BCUT2D eigenvalue weighted by Crippen LogP contribution is 2.02. The summed E-state index contributed by atoms with van der Waals surface area (Å²) in [5.41, 5.74) is 1.20. The first kappa shape index (κ1) is 11.8. The van der Waals surface area contributed by atoms with Gasteiger partial charge < -0.3 is 15.4 Å². The number of pyridine rings is 1. The van der Waals surface area contributed by atoms with Crippen LogP contribution >= 0.6 is 0 Å². The van der Waals surface area contributed by atoms with Crippen LogP contribution in [0.15, 0.2) is 36.8 Å². The number of aromatic amines is 1. The highest BCUT2D eigenvalue weighted by molar-refractivity contribution is 5.94. The standard InChI is InChI=1S/C12H11N3O3/c16-11(15-6-8-3-4-13-5-8)9-1-2-10(12(17)18)14-7-9/h1-5,7,13H,6H2,(H,15,16)(H,17,18). The monoisotopic (exact) mass is 245 g/mol. The van der Waals surface area contributed by atoms with E-state index < -0.39 is 5.97 Å². The molecule has 0 bridgehead atoms. The molecule has 0 atom stereocenters. The van der Waals surface area contributed by atoms with E-state index >= 15 is 0 Å². The van der Waals surface area contributed by atoms with Crippen LogP contribution in [-0.4, -0.2) is 27.0 Å². The van der Waals surface area contributed by atoms with Crippen molar-refractivity contribution in [2.75, 3.05) is 0 Å². The maximum Gasteiger partial charge on any atom is 0.354 e. The Bertz CT molecular complexity index is 546. The summed E-state index contributed by atoms with van der Waals surface area (Å²) in [6, 6.07) is 4.59. The number of carboxylic acid groups (broad SMARTS) is 1. The van der Waals surface area contributed by atoms with Crippen LogP contribution < -0.4 is 5.32 Å². The van der Waals surface area contributed by atoms with Crippen molar-refractivity contribution in [2.45, 2.75) is 6.54 Å². The Kier molecular flexibility index (Phi) is 3.38. The number of nitrogens with one attached hydrogen (secondary N) is 2. The molecular formula is C12H11N3O3. The van der Waals surface area contributed by atoms with Crippen LogP contribution in [0, 0.1) is 0 Å². The maximum atomic E-state index is 11.7. The second kappa shape index (κ2) is 5.13. The number of aromatic nitrogens is 2. The Hall–Kier alpha value is -2.63. The SMILES string of the molecule is O=C(NCc1cc[nH]c1)c1ccc(C(=O)O)nc1. The molecular weight excluding hydrogens is 234 g/mol. The van der Waals surface area contributed by atoms with E-state index in [0.29, 0.717) is 12.1 Å². The third-order valence-electron chi connectivity index (χ3n) is 2.36. The van der Waals surface area contributed by atoms with Gasteiger partial charge in [-0.15, -0.1) is 0 Å². The number of carbonyl (C=O) groups excluding carboxylic acids is 1. The second-order valence-electron chi connectivity index (χ2n) is 3.64. The lowest BCUT2D eigenvalue weighted by Gasteiger charge is -2.03. The van der Waals surface area contributed by atoms with Gasteiger partial charge in [-0.25, -0.2) is 9.78 Å². The zero-order valence-corrected chi connectivity index (χ0v) is 9.38. The Balaban J connectivity index is 1.98. The van der Waals surface area contributed by atoms with Crippen LogP contribution in [0.3, 0.4) is 0 Å². The van der Waals surface area contributed by atoms with Crippen molar-refractivity contribution in [2.24, 2.45) is 0 Å². The fourth-order valence-electron chi connectivity index (χ4n) is 1.41. The number of nitrogens with zero attached hydrogens (tertiary/aromatic N) is 1. The van der Waals surface area contributed by atoms with E-state index in [1.807, 2.05) is 6.07 Å². The lowest BCUT2D eigenvalue weighted by Crippen LogP contribution is -2.22. The van der Waals surface area contributed by atoms with E-state index in [0.717, 1.165) is 5.56 Å². The molecule has 0 radical (unpaired) electrons. The van der Waals surface area contributed by atoms with E-state index in [4.69, 9.17) is 5.11 Å². The number of hydrogen-bond acceptors (Lipinski definition) is 3. The number of rotatable bonds is 4. The van der Waals surface area contributed by atoms with Gasteiger partial charge in [-0.05, 0) is 23.8 Å². The molecule has 0 aliphatic heterocycles. The Morgan fingerprint density at radius 3 is 2.72 bits per heavy atom. The van der Waals surface area contributed by atoms with Gasteiger partial charge in [0.05, 0.1) is 5.56 Å². The van der Waals surface area contributed by atoms with Crippen LogP contribution in [0.1, 0.15) is 26.4 Å². The predicted molar refractivity (Wildman–Crippen MR) is 63.2 cm³/mol. The molecule has 0 unspecified atom stereocenters. The number of carboxylic acids is 1. The molecule has 0 aliphatic rings. The number of hydrogen-bond donors (Lipinski definition) is 3. The van der Waals surface area contributed by atoms with Gasteiger partial charge in [0.1, 0.15) is 5.69 Å². The van der Waals surface area contributed by atoms with E-state index in [1.165, 1.54) is 18.3 Å². The van der Waals surface area contributed by atoms with Gasteiger partial charge >= 0.3 is 5.97 Å². The van der Waals surface area contributed by atoms with Crippen molar-refractivity contribution in [3.63, 3.8) is 0 Å². The van der Waals surface area contributed by atoms with Gasteiger partial charge in [-0.3, -0.25) is 4.79 Å². The van der Waals surface area contributed by atoms with Crippen molar-refractivity contribution in [3.05, 3.63) is 53.6 Å². The lowest BCUT2D eigenvalue weighted by atomic mass is 10.2. The zero-order valence-electron chi connectivity index (χ0n) is 9.38. The number of H-pyrrole nitrogens is 1. The maximum absolute atomic E-state index is 11.7. The summed E-state index contributed by atoms with van der Waals surface area (Å²) in [5, 5.41) is 11.4. The van der Waals surface area contributed by atoms with Crippen molar-refractivity contribution < 1.29 is 14.7 Å². The molecule has 2 aromatic rings. The minimum absolute atomic E-state index is 0.0859. The van der Waals surface area contributed by atoms with Crippen LogP contribution in [0.5, 0.6) is 0 Å². The predicted octanol–water partition coefficient (Wildman–Crippen LogP) is 1.04. The fraction of sp³-hybridized carbons (Fsp3) is 0.0833. The van der Waals surface area contributed by atoms with Crippen molar-refractivity contribution in [3.8, 4) is 0 Å². The molecule has 0 fully saturated rings. The van der Waals surface area contributed by atoms with E-state index in [2.05, 4.69) is 15.3 Å². The van der Waals surface area contributed by atoms with Crippen molar-refractivity contribution in [1.82, 2.24) is 15.3 Å². The van der Waals surface area contributed by atoms with Crippen LogP contribution in [0.2, 0.25) is 0 Å². The van der Waals surface area contributed by atoms with Gasteiger partial charge in [0.25, 0.3) is 5.91 Å². The summed E-state index contributed by atoms with van der Waals surface area (Å²) in [5.74, 6) is -1.41. The second-order valence-corrected chi connectivity index (χ2v) is 3.64. The molecule has 0 aromatic carbocycles. The molecule has 0 saturated heterocycles. The third-order valence-corrected chi connectivity index (χ3v) is 2.36. The average Bonchev–Trinajstić information content (AvgIpc) is 2.89. The van der Waals surface area contributed by atoms with Gasteiger partial charge in [0.15, 0.2) is 0 Å². The molecule has 0 saturated carbocycles. The first-order valence-electron chi connectivity index (χ1n) is 5.26. The first-order chi connectivity index (χ1) is 8.66. The fourth-order valence-corrected chi connectivity index (χ4v) is 1.41. The normalized spacial score (nSPS) is 10.0. The quantitative estimate of drug-likeness (QED) is 0.749. The first-order valence-corrected chi connectivity index (χ1v) is 5.26.